The van der Waals surface area contributed by atoms with Gasteiger partial charge in [0.25, 0.3) is 0 Å². The number of nitrogens with zero attached hydrogens (tertiary/aromatic N) is 2. The fourth-order valence-electron chi connectivity index (χ4n) is 2.35. The Hall–Kier alpha value is -1.14. The van der Waals surface area contributed by atoms with E-state index in [9.17, 15) is 9.59 Å². The van der Waals surface area contributed by atoms with Gasteiger partial charge in [-0.1, -0.05) is 6.92 Å². The van der Waals surface area contributed by atoms with Crippen molar-refractivity contribution in [2.75, 3.05) is 45.9 Å². The smallest absolute Gasteiger partial charge is 0.396 e. The fourth-order valence-corrected chi connectivity index (χ4v) is 2.35. The predicted molar refractivity (Wildman–Crippen MR) is 77.4 cm³/mol. The lowest BCUT2D eigenvalue weighted by molar-refractivity contribution is -0.154. The molecule has 1 fully saturated rings. The minimum Gasteiger partial charge on any atom is -0.459 e. The topological polar surface area (TPSA) is 61.9 Å². The van der Waals surface area contributed by atoms with Crippen molar-refractivity contribution in [2.24, 2.45) is 0 Å². The molecule has 0 aromatic carbocycles. The van der Waals surface area contributed by atoms with Crippen LogP contribution in [0.25, 0.3) is 0 Å². The molecule has 1 amide bonds. The molecule has 0 atom stereocenters. The molecule has 6 nitrogen and oxygen atoms in total. The summed E-state index contributed by atoms with van der Waals surface area (Å²) in [6.07, 6.45) is 0. The molecule has 0 aliphatic carbocycles. The Labute approximate surface area is 121 Å². The van der Waals surface area contributed by atoms with Gasteiger partial charge in [0.05, 0.1) is 6.61 Å². The summed E-state index contributed by atoms with van der Waals surface area (Å²) < 4.78 is 4.67. The maximum atomic E-state index is 11.5. The molecular formula is C14H27N3O3. The van der Waals surface area contributed by atoms with E-state index in [0.717, 1.165) is 32.7 Å². The molecule has 1 rings (SSSR count). The maximum absolute atomic E-state index is 11.5. The van der Waals surface area contributed by atoms with Crippen LogP contribution in [0.2, 0.25) is 0 Å². The summed E-state index contributed by atoms with van der Waals surface area (Å²) in [5.74, 6) is -1.47. The quantitative estimate of drug-likeness (QED) is 0.573. The second-order valence-corrected chi connectivity index (χ2v) is 5.64. The summed E-state index contributed by atoms with van der Waals surface area (Å²) in [4.78, 5) is 27.6. The Morgan fingerprint density at radius 3 is 2.25 bits per heavy atom. The Kier molecular flexibility index (Phi) is 6.42. The van der Waals surface area contributed by atoms with E-state index in [1.54, 1.807) is 6.92 Å². The van der Waals surface area contributed by atoms with Crippen LogP contribution in [0.5, 0.6) is 0 Å². The third-order valence-corrected chi connectivity index (χ3v) is 3.82. The predicted octanol–water partition coefficient (Wildman–Crippen LogP) is 0.0818. The summed E-state index contributed by atoms with van der Waals surface area (Å²) in [6.45, 7) is 13.8. The summed E-state index contributed by atoms with van der Waals surface area (Å²) in [6, 6.07) is 0. The monoisotopic (exact) mass is 285 g/mol. The first-order valence-corrected chi connectivity index (χ1v) is 7.33. The number of nitrogens with one attached hydrogen (secondary N) is 1. The van der Waals surface area contributed by atoms with E-state index in [4.69, 9.17) is 0 Å². The van der Waals surface area contributed by atoms with Crippen LogP contribution in [-0.4, -0.2) is 73.1 Å². The Balaban J connectivity index is 2.41. The van der Waals surface area contributed by atoms with Gasteiger partial charge in [-0.2, -0.15) is 0 Å². The molecule has 20 heavy (non-hydrogen) atoms. The molecule has 6 heteroatoms. The zero-order valence-corrected chi connectivity index (χ0v) is 13.1. The van der Waals surface area contributed by atoms with E-state index in [0.29, 0.717) is 6.54 Å². The van der Waals surface area contributed by atoms with E-state index in [2.05, 4.69) is 40.6 Å². The van der Waals surface area contributed by atoms with E-state index in [1.165, 1.54) is 0 Å². The number of piperazine rings is 1. The van der Waals surface area contributed by atoms with Crippen LogP contribution < -0.4 is 5.32 Å². The van der Waals surface area contributed by atoms with E-state index in [1.807, 2.05) is 0 Å². The molecule has 1 saturated heterocycles. The highest BCUT2D eigenvalue weighted by atomic mass is 16.5. The molecule has 0 radical (unpaired) electrons. The Morgan fingerprint density at radius 2 is 1.75 bits per heavy atom. The first-order valence-electron chi connectivity index (χ1n) is 7.33. The second kappa shape index (κ2) is 7.59. The first kappa shape index (κ1) is 16.9. The number of carbonyl (C=O) groups excluding carboxylic acids is 2. The minimum absolute atomic E-state index is 0.165. The molecule has 1 N–H and O–H groups in total. The highest BCUT2D eigenvalue weighted by molar-refractivity contribution is 6.32. The van der Waals surface area contributed by atoms with E-state index >= 15 is 0 Å². The highest BCUT2D eigenvalue weighted by Gasteiger charge is 2.30. The van der Waals surface area contributed by atoms with Crippen LogP contribution in [-0.2, 0) is 14.3 Å². The van der Waals surface area contributed by atoms with Crippen molar-refractivity contribution in [1.82, 2.24) is 15.1 Å². The van der Waals surface area contributed by atoms with Crippen molar-refractivity contribution in [1.29, 1.82) is 0 Å². The van der Waals surface area contributed by atoms with Crippen molar-refractivity contribution in [3.63, 3.8) is 0 Å². The lowest BCUT2D eigenvalue weighted by Gasteiger charge is -2.43. The van der Waals surface area contributed by atoms with Gasteiger partial charge in [0, 0.05) is 38.3 Å². The SMILES string of the molecule is CCOC(=O)C(=O)NCC(C)(C)N1CCN(CC)CC1. The number of hydrogen-bond acceptors (Lipinski definition) is 5. The van der Waals surface area contributed by atoms with Crippen LogP contribution >= 0.6 is 0 Å². The molecule has 0 aromatic heterocycles. The van der Waals surface area contributed by atoms with Crippen LogP contribution in [0.3, 0.4) is 0 Å². The molecule has 0 saturated carbocycles. The lowest BCUT2D eigenvalue weighted by atomic mass is 10.0. The Bertz CT molecular complexity index is 337. The van der Waals surface area contributed by atoms with Crippen molar-refractivity contribution in [3.05, 3.63) is 0 Å². The number of esters is 1. The second-order valence-electron chi connectivity index (χ2n) is 5.64. The minimum atomic E-state index is -0.806. The number of hydrogen-bond donors (Lipinski definition) is 1. The van der Waals surface area contributed by atoms with Gasteiger partial charge in [-0.3, -0.25) is 9.69 Å². The number of ether oxygens (including phenoxy) is 1. The number of likely N-dealkylation sites (N-methyl/N-ethyl adjacent to an activating group) is 1. The third-order valence-electron chi connectivity index (χ3n) is 3.82. The van der Waals surface area contributed by atoms with Gasteiger partial charge in [0.1, 0.15) is 0 Å². The average molecular weight is 285 g/mol. The highest BCUT2D eigenvalue weighted by Crippen LogP contribution is 2.16. The maximum Gasteiger partial charge on any atom is 0.396 e. The van der Waals surface area contributed by atoms with Crippen LogP contribution in [0, 0.1) is 0 Å². The van der Waals surface area contributed by atoms with Gasteiger partial charge in [-0.15, -0.1) is 0 Å². The van der Waals surface area contributed by atoms with Gasteiger partial charge < -0.3 is 15.0 Å². The van der Waals surface area contributed by atoms with Crippen LogP contribution in [0.4, 0.5) is 0 Å². The van der Waals surface area contributed by atoms with Crippen molar-refractivity contribution < 1.29 is 14.3 Å². The van der Waals surface area contributed by atoms with Crippen molar-refractivity contribution >= 4 is 11.9 Å². The van der Waals surface area contributed by atoms with Crippen molar-refractivity contribution in [2.45, 2.75) is 33.2 Å². The van der Waals surface area contributed by atoms with Gasteiger partial charge in [0.2, 0.25) is 0 Å². The van der Waals surface area contributed by atoms with Gasteiger partial charge >= 0.3 is 11.9 Å². The van der Waals surface area contributed by atoms with E-state index in [-0.39, 0.29) is 12.1 Å². The molecule has 1 aliphatic heterocycles. The van der Waals surface area contributed by atoms with Crippen LogP contribution in [0.1, 0.15) is 27.7 Å². The standard InChI is InChI=1S/C14H27N3O3/c1-5-16-7-9-17(10-8-16)14(3,4)11-15-12(18)13(19)20-6-2/h5-11H2,1-4H3,(H,15,18). The molecule has 0 bridgehead atoms. The summed E-state index contributed by atoms with van der Waals surface area (Å²) in [7, 11) is 0. The first-order chi connectivity index (χ1) is 9.40. The summed E-state index contributed by atoms with van der Waals surface area (Å²) in [5.41, 5.74) is -0.165. The molecule has 116 valence electrons. The summed E-state index contributed by atoms with van der Waals surface area (Å²) >= 11 is 0. The molecule has 0 aromatic rings. The van der Waals surface area contributed by atoms with Crippen LogP contribution in [0.15, 0.2) is 0 Å². The zero-order chi connectivity index (χ0) is 15.2. The normalized spacial score (nSPS) is 17.8. The number of carbonyl (C=O) groups is 2. The summed E-state index contributed by atoms with van der Waals surface area (Å²) in [5, 5.41) is 2.66. The largest absolute Gasteiger partial charge is 0.459 e. The average Bonchev–Trinajstić information content (AvgIpc) is 2.45. The van der Waals surface area contributed by atoms with E-state index < -0.39 is 11.9 Å². The van der Waals surface area contributed by atoms with Gasteiger partial charge in [0.15, 0.2) is 0 Å². The molecule has 0 unspecified atom stereocenters. The lowest BCUT2D eigenvalue weighted by Crippen LogP contribution is -2.58. The van der Waals surface area contributed by atoms with Crippen molar-refractivity contribution in [3.8, 4) is 0 Å². The molecule has 1 aliphatic rings. The Morgan fingerprint density at radius 1 is 1.15 bits per heavy atom. The van der Waals surface area contributed by atoms with Gasteiger partial charge in [-0.05, 0) is 27.3 Å². The molecular weight excluding hydrogens is 258 g/mol. The number of amides is 1. The number of rotatable bonds is 5. The molecule has 0 spiro atoms. The molecule has 1 heterocycles. The third kappa shape index (κ3) is 4.76. The zero-order valence-electron chi connectivity index (χ0n) is 13.1. The fraction of sp³-hybridized carbons (Fsp3) is 0.857. The van der Waals surface area contributed by atoms with Gasteiger partial charge in [-0.25, -0.2) is 4.79 Å².